The van der Waals surface area contributed by atoms with Gasteiger partial charge in [0.1, 0.15) is 0 Å². The minimum absolute atomic E-state index is 0.267. The van der Waals surface area contributed by atoms with Gasteiger partial charge in [-0.2, -0.15) is 0 Å². The molecule has 0 bridgehead atoms. The van der Waals surface area contributed by atoms with Gasteiger partial charge in [0.15, 0.2) is 10.8 Å². The SMILES string of the molecule is Cc1nc(-c2nccs2)ncc1C(=O)Nn1cc(C)c2cnccc21. The average Bonchev–Trinajstić information content (AvgIpc) is 3.24. The lowest BCUT2D eigenvalue weighted by molar-refractivity contribution is 0.101. The van der Waals surface area contributed by atoms with Crippen LogP contribution in [0.3, 0.4) is 0 Å². The summed E-state index contributed by atoms with van der Waals surface area (Å²) in [6.45, 7) is 3.76. The number of aryl methyl sites for hydroxylation is 2. The highest BCUT2D eigenvalue weighted by atomic mass is 32.1. The van der Waals surface area contributed by atoms with E-state index in [9.17, 15) is 4.79 Å². The Morgan fingerprint density at radius 1 is 1.20 bits per heavy atom. The summed E-state index contributed by atoms with van der Waals surface area (Å²) in [5, 5.41) is 3.59. The molecule has 4 aromatic heterocycles. The molecule has 0 saturated heterocycles. The van der Waals surface area contributed by atoms with E-state index in [-0.39, 0.29) is 5.91 Å². The standard InChI is InChI=1S/C17H14N6OS/c1-10-9-23(14-3-4-18-7-12(10)14)22-16(24)13-8-20-15(21-11(13)2)17-19-5-6-25-17/h3-9H,1-2H3,(H,22,24). The van der Waals surface area contributed by atoms with Crippen LogP contribution >= 0.6 is 11.3 Å². The number of hydrogen-bond donors (Lipinski definition) is 1. The fourth-order valence-electron chi connectivity index (χ4n) is 2.62. The average molecular weight is 350 g/mol. The van der Waals surface area contributed by atoms with Crippen LogP contribution in [-0.4, -0.2) is 30.5 Å². The third kappa shape index (κ3) is 2.76. The van der Waals surface area contributed by atoms with E-state index in [1.165, 1.54) is 17.5 Å². The molecule has 0 aliphatic heterocycles. The molecule has 0 saturated carbocycles. The summed E-state index contributed by atoms with van der Waals surface area (Å²) >= 11 is 1.46. The van der Waals surface area contributed by atoms with Gasteiger partial charge in [0, 0.05) is 41.8 Å². The first-order valence-electron chi connectivity index (χ1n) is 7.60. The van der Waals surface area contributed by atoms with Crippen LogP contribution in [0.4, 0.5) is 0 Å². The first-order valence-corrected chi connectivity index (χ1v) is 8.48. The van der Waals surface area contributed by atoms with Crippen LogP contribution in [0.25, 0.3) is 21.7 Å². The maximum atomic E-state index is 12.6. The van der Waals surface area contributed by atoms with E-state index in [0.29, 0.717) is 17.1 Å². The second kappa shape index (κ2) is 6.06. The number of hydrogen-bond acceptors (Lipinski definition) is 6. The van der Waals surface area contributed by atoms with Crippen LogP contribution in [0.15, 0.2) is 42.4 Å². The second-order valence-corrected chi connectivity index (χ2v) is 6.44. The Labute approximate surface area is 147 Å². The van der Waals surface area contributed by atoms with Gasteiger partial charge in [-0.15, -0.1) is 11.3 Å². The molecule has 4 rings (SSSR count). The molecule has 1 N–H and O–H groups in total. The van der Waals surface area contributed by atoms with Gasteiger partial charge in [-0.25, -0.2) is 15.0 Å². The Morgan fingerprint density at radius 3 is 2.84 bits per heavy atom. The summed E-state index contributed by atoms with van der Waals surface area (Å²) in [6, 6.07) is 1.86. The molecule has 0 atom stereocenters. The van der Waals surface area contributed by atoms with Crippen molar-refractivity contribution < 1.29 is 4.79 Å². The maximum Gasteiger partial charge on any atom is 0.273 e. The molecule has 4 aromatic rings. The van der Waals surface area contributed by atoms with Crippen molar-refractivity contribution in [2.75, 3.05) is 5.43 Å². The molecule has 1 amide bonds. The molecule has 7 nitrogen and oxygen atoms in total. The van der Waals surface area contributed by atoms with E-state index in [2.05, 4.69) is 25.4 Å². The molecule has 0 radical (unpaired) electrons. The van der Waals surface area contributed by atoms with E-state index in [1.54, 1.807) is 30.2 Å². The molecule has 124 valence electrons. The Bertz CT molecular complexity index is 1070. The molecule has 25 heavy (non-hydrogen) atoms. The van der Waals surface area contributed by atoms with Crippen molar-refractivity contribution >= 4 is 28.1 Å². The fourth-order valence-corrected chi connectivity index (χ4v) is 3.20. The maximum absolute atomic E-state index is 12.6. The number of pyridine rings is 1. The largest absolute Gasteiger partial charge is 0.273 e. The summed E-state index contributed by atoms with van der Waals surface area (Å²) in [7, 11) is 0. The number of rotatable bonds is 3. The van der Waals surface area contributed by atoms with Gasteiger partial charge in [0.2, 0.25) is 0 Å². The molecular formula is C17H14N6OS. The third-order valence-corrected chi connectivity index (χ3v) is 4.64. The highest BCUT2D eigenvalue weighted by Gasteiger charge is 2.15. The number of aromatic nitrogens is 5. The van der Waals surface area contributed by atoms with Crippen molar-refractivity contribution in [3.63, 3.8) is 0 Å². The Kier molecular flexibility index (Phi) is 3.73. The van der Waals surface area contributed by atoms with Crippen molar-refractivity contribution in [1.29, 1.82) is 0 Å². The quantitative estimate of drug-likeness (QED) is 0.614. The second-order valence-electron chi connectivity index (χ2n) is 5.55. The fraction of sp³-hybridized carbons (Fsp3) is 0.118. The zero-order chi connectivity index (χ0) is 17.4. The number of carbonyl (C=O) groups excluding carboxylic acids is 1. The van der Waals surface area contributed by atoms with Gasteiger partial charge in [-0.05, 0) is 25.5 Å². The van der Waals surface area contributed by atoms with Gasteiger partial charge in [-0.3, -0.25) is 19.9 Å². The van der Waals surface area contributed by atoms with Crippen LogP contribution in [0.5, 0.6) is 0 Å². The van der Waals surface area contributed by atoms with Gasteiger partial charge < -0.3 is 0 Å². The zero-order valence-electron chi connectivity index (χ0n) is 13.6. The minimum atomic E-state index is -0.267. The molecule has 0 aliphatic carbocycles. The summed E-state index contributed by atoms with van der Waals surface area (Å²) in [5.74, 6) is 0.259. The number of fused-ring (bicyclic) bond motifs is 1. The first-order chi connectivity index (χ1) is 12.1. The van der Waals surface area contributed by atoms with Crippen molar-refractivity contribution in [2.45, 2.75) is 13.8 Å². The van der Waals surface area contributed by atoms with Crippen LogP contribution in [0, 0.1) is 13.8 Å². The topological polar surface area (TPSA) is 85.6 Å². The molecule has 8 heteroatoms. The van der Waals surface area contributed by atoms with E-state index in [0.717, 1.165) is 21.5 Å². The lowest BCUT2D eigenvalue weighted by Gasteiger charge is -2.09. The molecular weight excluding hydrogens is 336 g/mol. The van der Waals surface area contributed by atoms with Gasteiger partial charge >= 0.3 is 0 Å². The van der Waals surface area contributed by atoms with Gasteiger partial charge in [-0.1, -0.05) is 0 Å². The highest BCUT2D eigenvalue weighted by molar-refractivity contribution is 7.12. The van der Waals surface area contributed by atoms with Crippen molar-refractivity contribution in [3.05, 3.63) is 59.3 Å². The first kappa shape index (κ1) is 15.4. The monoisotopic (exact) mass is 350 g/mol. The van der Waals surface area contributed by atoms with E-state index >= 15 is 0 Å². The molecule has 0 spiro atoms. The molecule has 4 heterocycles. The smallest absolute Gasteiger partial charge is 0.267 e. The van der Waals surface area contributed by atoms with Crippen molar-refractivity contribution in [1.82, 2.24) is 24.6 Å². The molecule has 0 fully saturated rings. The van der Waals surface area contributed by atoms with Crippen LogP contribution in [-0.2, 0) is 0 Å². The highest BCUT2D eigenvalue weighted by Crippen LogP contribution is 2.20. The summed E-state index contributed by atoms with van der Waals surface area (Å²) in [5.41, 5.74) is 5.83. The lowest BCUT2D eigenvalue weighted by Crippen LogP contribution is -2.23. The van der Waals surface area contributed by atoms with Crippen LogP contribution < -0.4 is 5.43 Å². The van der Waals surface area contributed by atoms with Crippen molar-refractivity contribution in [3.8, 4) is 10.8 Å². The number of thiazole rings is 1. The Hall–Kier alpha value is -3.13. The number of carbonyl (C=O) groups is 1. The predicted octanol–water partition coefficient (Wildman–Crippen LogP) is 2.95. The predicted molar refractivity (Wildman–Crippen MR) is 96.0 cm³/mol. The molecule has 0 unspecified atom stereocenters. The van der Waals surface area contributed by atoms with E-state index in [1.807, 2.05) is 24.6 Å². The van der Waals surface area contributed by atoms with Crippen molar-refractivity contribution in [2.24, 2.45) is 0 Å². The minimum Gasteiger partial charge on any atom is -0.267 e. The third-order valence-electron chi connectivity index (χ3n) is 3.87. The molecule has 0 aromatic carbocycles. The molecule has 0 aliphatic rings. The Balaban J connectivity index is 1.65. The van der Waals surface area contributed by atoms with E-state index in [4.69, 9.17) is 0 Å². The number of nitrogens with zero attached hydrogens (tertiary/aromatic N) is 5. The normalized spacial score (nSPS) is 11.0. The van der Waals surface area contributed by atoms with Gasteiger partial charge in [0.05, 0.1) is 16.8 Å². The van der Waals surface area contributed by atoms with Crippen LogP contribution in [0.1, 0.15) is 21.6 Å². The summed E-state index contributed by atoms with van der Waals surface area (Å²) in [6.07, 6.45) is 8.58. The lowest BCUT2D eigenvalue weighted by atomic mass is 10.2. The Morgan fingerprint density at radius 2 is 2.08 bits per heavy atom. The zero-order valence-corrected chi connectivity index (χ0v) is 14.4. The van der Waals surface area contributed by atoms with Crippen LogP contribution in [0.2, 0.25) is 0 Å². The summed E-state index contributed by atoms with van der Waals surface area (Å²) in [4.78, 5) is 29.6. The van der Waals surface area contributed by atoms with E-state index < -0.39 is 0 Å². The number of nitrogens with one attached hydrogen (secondary N) is 1. The summed E-state index contributed by atoms with van der Waals surface area (Å²) < 4.78 is 1.70. The van der Waals surface area contributed by atoms with Gasteiger partial charge in [0.25, 0.3) is 5.91 Å². The number of amides is 1.